The van der Waals surface area contributed by atoms with E-state index in [-0.39, 0.29) is 37.3 Å². The third-order valence-corrected chi connectivity index (χ3v) is 2.37. The quantitative estimate of drug-likeness (QED) is 0.720. The number of ether oxygens (including phenoxy) is 2. The molecule has 18 heavy (non-hydrogen) atoms. The van der Waals surface area contributed by atoms with Crippen molar-refractivity contribution in [3.8, 4) is 0 Å². The van der Waals surface area contributed by atoms with Gasteiger partial charge in [0.2, 0.25) is 0 Å². The summed E-state index contributed by atoms with van der Waals surface area (Å²) in [6.45, 7) is 1.96. The van der Waals surface area contributed by atoms with E-state index >= 15 is 0 Å². The number of hydrogen-bond acceptors (Lipinski definition) is 5. The summed E-state index contributed by atoms with van der Waals surface area (Å²) in [5, 5.41) is 0. The highest BCUT2D eigenvalue weighted by molar-refractivity contribution is 5.73. The Bertz CT molecular complexity index is 391. The summed E-state index contributed by atoms with van der Waals surface area (Å²) in [5.74, 6) is -0.745. The van der Waals surface area contributed by atoms with Crippen molar-refractivity contribution >= 4 is 11.9 Å². The van der Waals surface area contributed by atoms with E-state index in [0.717, 1.165) is 0 Å². The molecule has 0 N–H and O–H groups in total. The van der Waals surface area contributed by atoms with E-state index in [9.17, 15) is 9.59 Å². The van der Waals surface area contributed by atoms with Crippen molar-refractivity contribution in [3.05, 3.63) is 30.1 Å². The highest BCUT2D eigenvalue weighted by Crippen LogP contribution is 2.10. The molecular formula is C13H17NO4. The molecule has 0 amide bonds. The van der Waals surface area contributed by atoms with E-state index < -0.39 is 0 Å². The number of hydrogen-bond donors (Lipinski definition) is 0. The average Bonchev–Trinajstić information content (AvgIpc) is 2.37. The molecular weight excluding hydrogens is 234 g/mol. The van der Waals surface area contributed by atoms with E-state index in [1.807, 2.05) is 6.07 Å². The van der Waals surface area contributed by atoms with Crippen molar-refractivity contribution < 1.29 is 19.1 Å². The van der Waals surface area contributed by atoms with Crippen LogP contribution in [0.4, 0.5) is 0 Å². The van der Waals surface area contributed by atoms with E-state index in [4.69, 9.17) is 4.74 Å². The standard InChI is InChI=1S/C13H17NO4/c1-10(7-12(15)17-2)8-13(16)18-9-11-5-3-4-6-14-11/h3-6,10H,7-9H2,1-2H3/t10-/m1/s1. The zero-order chi connectivity index (χ0) is 13.4. The van der Waals surface area contributed by atoms with Gasteiger partial charge in [-0.15, -0.1) is 0 Å². The maximum Gasteiger partial charge on any atom is 0.306 e. The lowest BCUT2D eigenvalue weighted by Crippen LogP contribution is -2.13. The fraction of sp³-hybridized carbons (Fsp3) is 0.462. The normalized spacial score (nSPS) is 11.7. The largest absolute Gasteiger partial charge is 0.469 e. The number of esters is 2. The molecule has 0 spiro atoms. The number of pyridine rings is 1. The third kappa shape index (κ3) is 5.43. The number of aromatic nitrogens is 1. The SMILES string of the molecule is COC(=O)C[C@@H](C)CC(=O)OCc1ccccn1. The fourth-order valence-electron chi connectivity index (χ4n) is 1.42. The molecule has 0 aliphatic rings. The molecule has 5 heteroatoms. The molecule has 98 valence electrons. The van der Waals surface area contributed by atoms with Crippen LogP contribution in [-0.2, 0) is 25.7 Å². The lowest BCUT2D eigenvalue weighted by atomic mass is 10.0. The second kappa shape index (κ2) is 7.42. The van der Waals surface area contributed by atoms with Crippen LogP contribution in [0, 0.1) is 5.92 Å². The Morgan fingerprint density at radius 2 is 2.00 bits per heavy atom. The van der Waals surface area contributed by atoms with Crippen LogP contribution < -0.4 is 0 Å². The lowest BCUT2D eigenvalue weighted by Gasteiger charge is -2.09. The van der Waals surface area contributed by atoms with Gasteiger partial charge < -0.3 is 9.47 Å². The van der Waals surface area contributed by atoms with Crippen LogP contribution in [0.1, 0.15) is 25.5 Å². The predicted molar refractivity (Wildman–Crippen MR) is 64.4 cm³/mol. The van der Waals surface area contributed by atoms with Gasteiger partial charge >= 0.3 is 11.9 Å². The minimum atomic E-state index is -0.336. The van der Waals surface area contributed by atoms with Gasteiger partial charge in [0.05, 0.1) is 12.8 Å². The van der Waals surface area contributed by atoms with Gasteiger partial charge in [-0.2, -0.15) is 0 Å². The number of carbonyl (C=O) groups is 2. The Balaban J connectivity index is 2.27. The van der Waals surface area contributed by atoms with Gasteiger partial charge in [-0.05, 0) is 18.1 Å². The zero-order valence-corrected chi connectivity index (χ0v) is 10.6. The molecule has 0 saturated carbocycles. The van der Waals surface area contributed by atoms with E-state index in [1.54, 1.807) is 25.3 Å². The first-order valence-electron chi connectivity index (χ1n) is 5.74. The number of nitrogens with zero attached hydrogens (tertiary/aromatic N) is 1. The predicted octanol–water partition coefficient (Wildman–Crippen LogP) is 1.71. The molecule has 0 bridgehead atoms. The molecule has 1 heterocycles. The van der Waals surface area contributed by atoms with Crippen LogP contribution in [0.2, 0.25) is 0 Å². The zero-order valence-electron chi connectivity index (χ0n) is 10.6. The number of carbonyl (C=O) groups excluding carboxylic acids is 2. The second-order valence-corrected chi connectivity index (χ2v) is 4.07. The molecule has 0 fully saturated rings. The molecule has 1 aromatic rings. The van der Waals surface area contributed by atoms with E-state index in [2.05, 4.69) is 9.72 Å². The van der Waals surface area contributed by atoms with Gasteiger partial charge in [-0.3, -0.25) is 14.6 Å². The van der Waals surface area contributed by atoms with Crippen LogP contribution >= 0.6 is 0 Å². The summed E-state index contributed by atoms with van der Waals surface area (Å²) in [6, 6.07) is 5.41. The summed E-state index contributed by atoms with van der Waals surface area (Å²) in [5.41, 5.74) is 0.700. The van der Waals surface area contributed by atoms with Gasteiger partial charge in [0.1, 0.15) is 6.61 Å². The molecule has 0 unspecified atom stereocenters. The smallest absolute Gasteiger partial charge is 0.306 e. The molecule has 0 aromatic carbocycles. The lowest BCUT2D eigenvalue weighted by molar-refractivity contribution is -0.147. The van der Waals surface area contributed by atoms with Gasteiger partial charge in [-0.1, -0.05) is 13.0 Å². The van der Waals surface area contributed by atoms with E-state index in [0.29, 0.717) is 5.69 Å². The van der Waals surface area contributed by atoms with Gasteiger partial charge in [0, 0.05) is 19.0 Å². The maximum absolute atomic E-state index is 11.5. The summed E-state index contributed by atoms with van der Waals surface area (Å²) in [4.78, 5) is 26.5. The Hall–Kier alpha value is -1.91. The monoisotopic (exact) mass is 251 g/mol. The first kappa shape index (κ1) is 14.2. The van der Waals surface area contributed by atoms with Crippen molar-refractivity contribution in [2.75, 3.05) is 7.11 Å². The van der Waals surface area contributed by atoms with Crippen LogP contribution in [-0.4, -0.2) is 24.0 Å². The maximum atomic E-state index is 11.5. The summed E-state index contributed by atoms with van der Waals surface area (Å²) < 4.78 is 9.59. The average molecular weight is 251 g/mol. The Labute approximate surface area is 106 Å². The van der Waals surface area contributed by atoms with Crippen LogP contribution in [0.25, 0.3) is 0 Å². The molecule has 0 aliphatic heterocycles. The van der Waals surface area contributed by atoms with Gasteiger partial charge in [0.25, 0.3) is 0 Å². The molecule has 0 aliphatic carbocycles. The number of methoxy groups -OCH3 is 1. The van der Waals surface area contributed by atoms with Crippen molar-refractivity contribution in [3.63, 3.8) is 0 Å². The minimum Gasteiger partial charge on any atom is -0.469 e. The minimum absolute atomic E-state index is 0.0892. The first-order valence-corrected chi connectivity index (χ1v) is 5.74. The third-order valence-electron chi connectivity index (χ3n) is 2.37. The van der Waals surface area contributed by atoms with Crippen LogP contribution in [0.15, 0.2) is 24.4 Å². The topological polar surface area (TPSA) is 65.5 Å². The summed E-state index contributed by atoms with van der Waals surface area (Å²) >= 11 is 0. The molecule has 0 radical (unpaired) electrons. The molecule has 1 rings (SSSR count). The first-order chi connectivity index (χ1) is 8.61. The van der Waals surface area contributed by atoms with Gasteiger partial charge in [-0.25, -0.2) is 0 Å². The Morgan fingerprint density at radius 3 is 2.61 bits per heavy atom. The van der Waals surface area contributed by atoms with Gasteiger partial charge in [0.15, 0.2) is 0 Å². The van der Waals surface area contributed by atoms with Crippen LogP contribution in [0.3, 0.4) is 0 Å². The van der Waals surface area contributed by atoms with Crippen molar-refractivity contribution in [1.29, 1.82) is 0 Å². The molecule has 0 saturated heterocycles. The molecule has 1 aromatic heterocycles. The van der Waals surface area contributed by atoms with Crippen molar-refractivity contribution in [1.82, 2.24) is 4.98 Å². The second-order valence-electron chi connectivity index (χ2n) is 4.07. The number of rotatable bonds is 6. The highest BCUT2D eigenvalue weighted by atomic mass is 16.5. The highest BCUT2D eigenvalue weighted by Gasteiger charge is 2.14. The molecule has 5 nitrogen and oxygen atoms in total. The summed E-state index contributed by atoms with van der Waals surface area (Å²) in [6.07, 6.45) is 2.06. The van der Waals surface area contributed by atoms with Crippen LogP contribution in [0.5, 0.6) is 0 Å². The Kier molecular flexibility index (Phi) is 5.84. The fourth-order valence-corrected chi connectivity index (χ4v) is 1.42. The summed E-state index contributed by atoms with van der Waals surface area (Å²) in [7, 11) is 1.33. The van der Waals surface area contributed by atoms with Crippen molar-refractivity contribution in [2.24, 2.45) is 5.92 Å². The van der Waals surface area contributed by atoms with E-state index in [1.165, 1.54) is 7.11 Å². The Morgan fingerprint density at radius 1 is 1.28 bits per heavy atom. The molecule has 1 atom stereocenters. The van der Waals surface area contributed by atoms with Crippen molar-refractivity contribution in [2.45, 2.75) is 26.4 Å².